The van der Waals surface area contributed by atoms with Crippen LogP contribution in [0.3, 0.4) is 0 Å². The summed E-state index contributed by atoms with van der Waals surface area (Å²) in [5, 5.41) is 0. The summed E-state index contributed by atoms with van der Waals surface area (Å²) < 4.78 is 34.8. The number of phosphoric ester groups is 1. The standard InChI is InChI=1S/C37H74NO7P/c1-6-8-10-12-14-16-18-19-20-22-24-26-28-30-37(39)45-36(35-44-46(40,41)43-33-31-38(3,4)5)34-42-32-29-27-25-23-21-17-15-13-11-9-7-2/h16,18,36H,6-15,17,19-35H2,1-5H3/p+1/b18-16-. The van der Waals surface area contributed by atoms with Crippen molar-refractivity contribution in [1.82, 2.24) is 0 Å². The number of nitrogens with zero attached hydrogens (tertiary/aromatic N) is 1. The molecule has 0 fully saturated rings. The van der Waals surface area contributed by atoms with E-state index in [1.54, 1.807) is 0 Å². The van der Waals surface area contributed by atoms with E-state index in [0.29, 0.717) is 24.1 Å². The number of unbranched alkanes of at least 4 members (excludes halogenated alkanes) is 19. The molecule has 0 aliphatic heterocycles. The number of allylic oxidation sites excluding steroid dienone is 2. The van der Waals surface area contributed by atoms with Crippen molar-refractivity contribution in [3.05, 3.63) is 12.2 Å². The summed E-state index contributed by atoms with van der Waals surface area (Å²) in [5.41, 5.74) is 0. The van der Waals surface area contributed by atoms with E-state index in [4.69, 9.17) is 18.5 Å². The minimum absolute atomic E-state index is 0.0897. The Balaban J connectivity index is 4.31. The van der Waals surface area contributed by atoms with Gasteiger partial charge in [-0.3, -0.25) is 13.8 Å². The molecule has 0 spiro atoms. The van der Waals surface area contributed by atoms with Crippen LogP contribution in [0.2, 0.25) is 0 Å². The highest BCUT2D eigenvalue weighted by atomic mass is 31.2. The van der Waals surface area contributed by atoms with Gasteiger partial charge in [0, 0.05) is 13.0 Å². The number of rotatable bonds is 35. The van der Waals surface area contributed by atoms with Crippen LogP contribution >= 0.6 is 7.82 Å². The normalized spacial score (nSPS) is 14.1. The second-order valence-electron chi connectivity index (χ2n) is 14.0. The van der Waals surface area contributed by atoms with Crippen molar-refractivity contribution < 1.29 is 37.3 Å². The molecule has 0 radical (unpaired) electrons. The Kier molecular flexibility index (Phi) is 31.0. The van der Waals surface area contributed by atoms with Crippen molar-refractivity contribution in [3.63, 3.8) is 0 Å². The molecule has 2 atom stereocenters. The first kappa shape index (κ1) is 45.2. The van der Waals surface area contributed by atoms with E-state index in [0.717, 1.165) is 38.5 Å². The molecule has 0 rings (SSSR count). The first-order chi connectivity index (χ1) is 22.1. The zero-order valence-corrected chi connectivity index (χ0v) is 31.7. The van der Waals surface area contributed by atoms with Gasteiger partial charge in [-0.15, -0.1) is 0 Å². The molecule has 0 amide bonds. The third-order valence-electron chi connectivity index (χ3n) is 8.08. The lowest BCUT2D eigenvalue weighted by molar-refractivity contribution is -0.870. The zero-order chi connectivity index (χ0) is 34.2. The van der Waals surface area contributed by atoms with Gasteiger partial charge in [0.25, 0.3) is 0 Å². The van der Waals surface area contributed by atoms with Gasteiger partial charge in [0.15, 0.2) is 0 Å². The molecule has 0 saturated carbocycles. The van der Waals surface area contributed by atoms with Gasteiger partial charge in [-0.2, -0.15) is 0 Å². The Morgan fingerprint density at radius 2 is 1.13 bits per heavy atom. The molecule has 0 aliphatic carbocycles. The molecule has 2 unspecified atom stereocenters. The number of hydrogen-bond donors (Lipinski definition) is 1. The summed E-state index contributed by atoms with van der Waals surface area (Å²) in [7, 11) is 1.67. The van der Waals surface area contributed by atoms with Crippen molar-refractivity contribution in [1.29, 1.82) is 0 Å². The van der Waals surface area contributed by atoms with Gasteiger partial charge < -0.3 is 18.9 Å². The van der Waals surface area contributed by atoms with E-state index in [2.05, 4.69) is 26.0 Å². The highest BCUT2D eigenvalue weighted by Gasteiger charge is 2.26. The molecule has 274 valence electrons. The molecule has 1 N–H and O–H groups in total. The van der Waals surface area contributed by atoms with Crippen LogP contribution in [-0.2, 0) is 27.9 Å². The second kappa shape index (κ2) is 31.5. The van der Waals surface area contributed by atoms with Crippen LogP contribution in [0.15, 0.2) is 12.2 Å². The Morgan fingerprint density at radius 3 is 1.67 bits per heavy atom. The van der Waals surface area contributed by atoms with Crippen LogP contribution in [0.5, 0.6) is 0 Å². The van der Waals surface area contributed by atoms with E-state index in [1.807, 2.05) is 21.1 Å². The summed E-state index contributed by atoms with van der Waals surface area (Å²) in [5.74, 6) is -0.323. The van der Waals surface area contributed by atoms with Crippen molar-refractivity contribution in [2.45, 2.75) is 168 Å². The molecule has 8 nitrogen and oxygen atoms in total. The Hall–Kier alpha value is -0.760. The number of hydrogen-bond acceptors (Lipinski definition) is 6. The zero-order valence-electron chi connectivity index (χ0n) is 30.8. The van der Waals surface area contributed by atoms with Gasteiger partial charge in [-0.1, -0.05) is 129 Å². The minimum atomic E-state index is -4.26. The number of ether oxygens (including phenoxy) is 2. The molecule has 0 saturated heterocycles. The number of phosphoric acid groups is 1. The number of likely N-dealkylation sites (N-methyl/N-ethyl adjacent to an activating group) is 1. The van der Waals surface area contributed by atoms with Crippen LogP contribution < -0.4 is 0 Å². The predicted molar refractivity (Wildman–Crippen MR) is 192 cm³/mol. The molecule has 0 aromatic rings. The lowest BCUT2D eigenvalue weighted by atomic mass is 10.1. The number of carbonyl (C=O) groups excluding carboxylic acids is 1. The van der Waals surface area contributed by atoms with Gasteiger partial charge in [-0.05, 0) is 38.5 Å². The topological polar surface area (TPSA) is 91.3 Å². The molecule has 0 heterocycles. The molecule has 0 aromatic heterocycles. The van der Waals surface area contributed by atoms with Gasteiger partial charge in [0.05, 0.1) is 34.4 Å². The summed E-state index contributed by atoms with van der Waals surface area (Å²) >= 11 is 0. The van der Waals surface area contributed by atoms with E-state index in [9.17, 15) is 14.3 Å². The average molecular weight is 677 g/mol. The lowest BCUT2D eigenvalue weighted by Gasteiger charge is -2.24. The van der Waals surface area contributed by atoms with Gasteiger partial charge >= 0.3 is 13.8 Å². The fourth-order valence-corrected chi connectivity index (χ4v) is 5.82. The van der Waals surface area contributed by atoms with Crippen LogP contribution in [0, 0.1) is 0 Å². The van der Waals surface area contributed by atoms with Crippen molar-refractivity contribution in [3.8, 4) is 0 Å². The van der Waals surface area contributed by atoms with Crippen molar-refractivity contribution >= 4 is 13.8 Å². The van der Waals surface area contributed by atoms with Gasteiger partial charge in [0.2, 0.25) is 0 Å². The van der Waals surface area contributed by atoms with Crippen LogP contribution in [0.25, 0.3) is 0 Å². The third-order valence-corrected chi connectivity index (χ3v) is 9.06. The van der Waals surface area contributed by atoms with Gasteiger partial charge in [-0.25, -0.2) is 4.57 Å². The second-order valence-corrected chi connectivity index (χ2v) is 15.4. The van der Waals surface area contributed by atoms with Gasteiger partial charge in [0.1, 0.15) is 19.3 Å². The Labute approximate surface area is 284 Å². The smallest absolute Gasteiger partial charge is 0.457 e. The summed E-state index contributed by atoms with van der Waals surface area (Å²) in [6.45, 7) is 5.60. The highest BCUT2D eigenvalue weighted by molar-refractivity contribution is 7.47. The van der Waals surface area contributed by atoms with E-state index < -0.39 is 13.9 Å². The molecular weight excluding hydrogens is 601 g/mol. The average Bonchev–Trinajstić information content (AvgIpc) is 2.99. The third kappa shape index (κ3) is 34.6. The fraction of sp³-hybridized carbons (Fsp3) is 0.919. The molecule has 0 aromatic carbocycles. The Morgan fingerprint density at radius 1 is 0.652 bits per heavy atom. The number of carbonyl (C=O) groups is 1. The van der Waals surface area contributed by atoms with E-state index in [-0.39, 0.29) is 25.8 Å². The Bertz CT molecular complexity index is 756. The van der Waals surface area contributed by atoms with E-state index >= 15 is 0 Å². The van der Waals surface area contributed by atoms with E-state index in [1.165, 1.54) is 103 Å². The maximum atomic E-state index is 12.6. The predicted octanol–water partition coefficient (Wildman–Crippen LogP) is 10.3. The number of esters is 1. The SMILES string of the molecule is CCCCCC/C=C\CCCCCCCC(=O)OC(COCCCCCCCCCCCCC)COP(=O)(O)OCC[N+](C)(C)C. The summed E-state index contributed by atoms with van der Waals surface area (Å²) in [6, 6.07) is 0. The number of quaternary nitrogens is 1. The maximum Gasteiger partial charge on any atom is 0.472 e. The minimum Gasteiger partial charge on any atom is -0.457 e. The summed E-state index contributed by atoms with van der Waals surface area (Å²) in [6.07, 6.45) is 30.9. The molecule has 46 heavy (non-hydrogen) atoms. The lowest BCUT2D eigenvalue weighted by Crippen LogP contribution is -2.37. The van der Waals surface area contributed by atoms with Crippen molar-refractivity contribution in [2.75, 3.05) is 54.1 Å². The van der Waals surface area contributed by atoms with Crippen LogP contribution in [0.1, 0.15) is 162 Å². The summed E-state index contributed by atoms with van der Waals surface area (Å²) in [4.78, 5) is 22.7. The fourth-order valence-electron chi connectivity index (χ4n) is 5.08. The highest BCUT2D eigenvalue weighted by Crippen LogP contribution is 2.43. The largest absolute Gasteiger partial charge is 0.472 e. The maximum absolute atomic E-state index is 12.6. The quantitative estimate of drug-likeness (QED) is 0.0235. The van der Waals surface area contributed by atoms with Crippen LogP contribution in [-0.4, -0.2) is 75.6 Å². The molecule has 0 bridgehead atoms. The first-order valence-electron chi connectivity index (χ1n) is 18.9. The monoisotopic (exact) mass is 677 g/mol. The van der Waals surface area contributed by atoms with Crippen LogP contribution in [0.4, 0.5) is 0 Å². The van der Waals surface area contributed by atoms with Crippen molar-refractivity contribution in [2.24, 2.45) is 0 Å². The molecule has 0 aliphatic rings. The molecule has 9 heteroatoms. The molecular formula is C37H75NO7P+. The first-order valence-corrected chi connectivity index (χ1v) is 20.4.